The highest BCUT2D eigenvalue weighted by Crippen LogP contribution is 2.33. The van der Waals surface area contributed by atoms with Gasteiger partial charge in [-0.1, -0.05) is 17.7 Å². The highest BCUT2D eigenvalue weighted by Gasteiger charge is 2.27. The fourth-order valence-electron chi connectivity index (χ4n) is 2.39. The van der Waals surface area contributed by atoms with Gasteiger partial charge in [0.1, 0.15) is 29.2 Å². The Morgan fingerprint density at radius 1 is 1.50 bits per heavy atom. The zero-order chi connectivity index (χ0) is 14.1. The summed E-state index contributed by atoms with van der Waals surface area (Å²) in [6.45, 7) is 0.694. The Morgan fingerprint density at radius 2 is 2.35 bits per heavy atom. The second kappa shape index (κ2) is 5.16. The average molecular weight is 289 g/mol. The highest BCUT2D eigenvalue weighted by molar-refractivity contribution is 6.30. The Hall–Kier alpha value is -2.03. The Morgan fingerprint density at radius 3 is 3.00 bits per heavy atom. The van der Waals surface area contributed by atoms with Crippen LogP contribution < -0.4 is 5.73 Å². The van der Waals surface area contributed by atoms with E-state index >= 15 is 0 Å². The van der Waals surface area contributed by atoms with Crippen molar-refractivity contribution >= 4 is 17.4 Å². The van der Waals surface area contributed by atoms with Gasteiger partial charge in [0.25, 0.3) is 0 Å². The molecule has 0 saturated carbocycles. The standard InChI is InChI=1S/C14H13ClN4O/c15-9-3-1-4-10(7-9)19-14(17)11(8-16)13(18-19)12-5-2-6-20-12/h1,3-4,7,12H,2,5-6,17H2/t12-/m0/s1. The van der Waals surface area contributed by atoms with Crippen LogP contribution in [0.1, 0.15) is 30.2 Å². The van der Waals surface area contributed by atoms with Gasteiger partial charge in [0.05, 0.1) is 5.69 Å². The first-order chi connectivity index (χ1) is 9.70. The van der Waals surface area contributed by atoms with Crippen LogP contribution in [0.2, 0.25) is 5.02 Å². The molecule has 3 rings (SSSR count). The number of ether oxygens (including phenoxy) is 1. The molecule has 0 amide bonds. The molecule has 0 radical (unpaired) electrons. The van der Waals surface area contributed by atoms with E-state index < -0.39 is 0 Å². The summed E-state index contributed by atoms with van der Waals surface area (Å²) in [7, 11) is 0. The maximum absolute atomic E-state index is 9.31. The van der Waals surface area contributed by atoms with Gasteiger partial charge in [0, 0.05) is 11.6 Å². The maximum Gasteiger partial charge on any atom is 0.145 e. The lowest BCUT2D eigenvalue weighted by Crippen LogP contribution is -2.03. The van der Waals surface area contributed by atoms with Crippen LogP contribution in [0.3, 0.4) is 0 Å². The summed E-state index contributed by atoms with van der Waals surface area (Å²) < 4.78 is 7.14. The van der Waals surface area contributed by atoms with E-state index in [1.807, 2.05) is 12.1 Å². The van der Waals surface area contributed by atoms with E-state index in [4.69, 9.17) is 22.1 Å². The van der Waals surface area contributed by atoms with Crippen molar-refractivity contribution in [3.63, 3.8) is 0 Å². The normalized spacial score (nSPS) is 18.1. The number of aromatic nitrogens is 2. The number of hydrogen-bond acceptors (Lipinski definition) is 4. The molecule has 1 aromatic heterocycles. The van der Waals surface area contributed by atoms with Crippen LogP contribution in [-0.2, 0) is 4.74 Å². The van der Waals surface area contributed by atoms with Gasteiger partial charge in [-0.3, -0.25) is 0 Å². The van der Waals surface area contributed by atoms with Gasteiger partial charge in [-0.15, -0.1) is 0 Å². The van der Waals surface area contributed by atoms with Crippen molar-refractivity contribution in [2.24, 2.45) is 0 Å². The van der Waals surface area contributed by atoms with Crippen LogP contribution in [0.15, 0.2) is 24.3 Å². The third kappa shape index (κ3) is 2.13. The summed E-state index contributed by atoms with van der Waals surface area (Å²) >= 11 is 5.98. The van der Waals surface area contributed by atoms with Gasteiger partial charge >= 0.3 is 0 Å². The highest BCUT2D eigenvalue weighted by atomic mass is 35.5. The van der Waals surface area contributed by atoms with Crippen molar-refractivity contribution in [2.75, 3.05) is 12.3 Å². The lowest BCUT2D eigenvalue weighted by atomic mass is 10.1. The molecule has 2 N–H and O–H groups in total. The topological polar surface area (TPSA) is 76.9 Å². The van der Waals surface area contributed by atoms with E-state index in [0.717, 1.165) is 18.5 Å². The summed E-state index contributed by atoms with van der Waals surface area (Å²) in [4.78, 5) is 0. The number of halogens is 1. The van der Waals surface area contributed by atoms with Gasteiger partial charge in [-0.05, 0) is 31.0 Å². The minimum Gasteiger partial charge on any atom is -0.382 e. The molecule has 5 nitrogen and oxygen atoms in total. The summed E-state index contributed by atoms with van der Waals surface area (Å²) in [5, 5.41) is 14.4. The van der Waals surface area contributed by atoms with E-state index in [2.05, 4.69) is 11.2 Å². The molecule has 1 fully saturated rings. The number of nitriles is 1. The number of benzene rings is 1. The van der Waals surface area contributed by atoms with Gasteiger partial charge < -0.3 is 10.5 Å². The van der Waals surface area contributed by atoms with Crippen LogP contribution in [0.25, 0.3) is 5.69 Å². The van der Waals surface area contributed by atoms with Crippen LogP contribution in [0.4, 0.5) is 5.82 Å². The van der Waals surface area contributed by atoms with E-state index in [9.17, 15) is 5.26 Å². The molecule has 2 heterocycles. The number of nitrogens with zero attached hydrogens (tertiary/aromatic N) is 3. The van der Waals surface area contributed by atoms with Gasteiger partial charge in [-0.25, -0.2) is 4.68 Å². The number of nitrogen functional groups attached to an aromatic ring is 1. The number of nitrogens with two attached hydrogens (primary N) is 1. The zero-order valence-electron chi connectivity index (χ0n) is 10.7. The average Bonchev–Trinajstić information content (AvgIpc) is 3.05. The van der Waals surface area contributed by atoms with E-state index in [-0.39, 0.29) is 6.10 Å². The van der Waals surface area contributed by atoms with Crippen molar-refractivity contribution < 1.29 is 4.74 Å². The lowest BCUT2D eigenvalue weighted by Gasteiger charge is -2.05. The molecule has 6 heteroatoms. The first-order valence-corrected chi connectivity index (χ1v) is 6.74. The maximum atomic E-state index is 9.31. The number of hydrogen-bond donors (Lipinski definition) is 1. The van der Waals surface area contributed by atoms with E-state index in [1.54, 1.807) is 16.8 Å². The van der Waals surface area contributed by atoms with Crippen molar-refractivity contribution in [2.45, 2.75) is 18.9 Å². The molecular weight excluding hydrogens is 276 g/mol. The predicted octanol–water partition coefficient (Wildman–Crippen LogP) is 2.83. The van der Waals surface area contributed by atoms with Gasteiger partial charge in [0.15, 0.2) is 0 Å². The SMILES string of the molecule is N#Cc1c([C@@H]2CCCO2)nn(-c2cccc(Cl)c2)c1N. The third-order valence-electron chi connectivity index (χ3n) is 3.35. The fraction of sp³-hybridized carbons (Fsp3) is 0.286. The van der Waals surface area contributed by atoms with Crippen LogP contribution >= 0.6 is 11.6 Å². The molecule has 20 heavy (non-hydrogen) atoms. The molecule has 1 saturated heterocycles. The quantitative estimate of drug-likeness (QED) is 0.922. The third-order valence-corrected chi connectivity index (χ3v) is 3.58. The minimum atomic E-state index is -0.146. The summed E-state index contributed by atoms with van der Waals surface area (Å²) in [5.41, 5.74) is 7.78. The Labute approximate surface area is 121 Å². The van der Waals surface area contributed by atoms with Crippen molar-refractivity contribution in [3.05, 3.63) is 40.5 Å². The van der Waals surface area contributed by atoms with Gasteiger partial charge in [-0.2, -0.15) is 10.4 Å². The lowest BCUT2D eigenvalue weighted by molar-refractivity contribution is 0.108. The number of anilines is 1. The molecule has 1 aliphatic rings. The Bertz CT molecular complexity index is 683. The van der Waals surface area contributed by atoms with E-state index in [1.165, 1.54) is 0 Å². The summed E-state index contributed by atoms with van der Waals surface area (Å²) in [5.74, 6) is 0.320. The van der Waals surface area contributed by atoms with Crippen LogP contribution in [-0.4, -0.2) is 16.4 Å². The first-order valence-electron chi connectivity index (χ1n) is 6.36. The predicted molar refractivity (Wildman–Crippen MR) is 75.6 cm³/mol. The van der Waals surface area contributed by atoms with Crippen molar-refractivity contribution in [3.8, 4) is 11.8 Å². The van der Waals surface area contributed by atoms with Gasteiger partial charge in [0.2, 0.25) is 0 Å². The molecule has 1 atom stereocenters. The Balaban J connectivity index is 2.11. The molecule has 0 aliphatic carbocycles. The molecule has 0 bridgehead atoms. The molecule has 102 valence electrons. The van der Waals surface area contributed by atoms with Crippen molar-refractivity contribution in [1.82, 2.24) is 9.78 Å². The molecule has 2 aromatic rings. The van der Waals surface area contributed by atoms with Crippen molar-refractivity contribution in [1.29, 1.82) is 5.26 Å². The van der Waals surface area contributed by atoms with E-state index in [0.29, 0.717) is 28.7 Å². The molecule has 1 aromatic carbocycles. The Kier molecular flexibility index (Phi) is 3.35. The minimum absolute atomic E-state index is 0.146. The molecule has 0 spiro atoms. The molecule has 1 aliphatic heterocycles. The second-order valence-corrected chi connectivity index (χ2v) is 5.09. The summed E-state index contributed by atoms with van der Waals surface area (Å²) in [6.07, 6.45) is 1.69. The zero-order valence-corrected chi connectivity index (χ0v) is 11.5. The fourth-order valence-corrected chi connectivity index (χ4v) is 2.57. The van der Waals surface area contributed by atoms with Crippen LogP contribution in [0.5, 0.6) is 0 Å². The first kappa shape index (κ1) is 13.0. The molecular formula is C14H13ClN4O. The number of rotatable bonds is 2. The largest absolute Gasteiger partial charge is 0.382 e. The smallest absolute Gasteiger partial charge is 0.145 e. The monoisotopic (exact) mass is 288 g/mol. The second-order valence-electron chi connectivity index (χ2n) is 4.65. The summed E-state index contributed by atoms with van der Waals surface area (Å²) in [6, 6.07) is 9.31. The van der Waals surface area contributed by atoms with Crippen LogP contribution in [0, 0.1) is 11.3 Å². The molecule has 0 unspecified atom stereocenters.